The third kappa shape index (κ3) is 9.09. The number of nitrogens with two attached hydrogens (primary N) is 1. The molecule has 9 heteroatoms. The van der Waals surface area contributed by atoms with Crippen LogP contribution in [0.15, 0.2) is 115 Å². The van der Waals surface area contributed by atoms with Crippen molar-refractivity contribution in [1.82, 2.24) is 9.80 Å². The van der Waals surface area contributed by atoms with Crippen molar-refractivity contribution >= 4 is 11.9 Å². The molecule has 1 aromatic rings. The lowest BCUT2D eigenvalue weighted by molar-refractivity contribution is -0.135. The highest BCUT2D eigenvalue weighted by Crippen LogP contribution is 2.31. The first-order valence-corrected chi connectivity index (χ1v) is 13.9. The fourth-order valence-electron chi connectivity index (χ4n) is 4.65. The summed E-state index contributed by atoms with van der Waals surface area (Å²) in [4.78, 5) is 29.7. The van der Waals surface area contributed by atoms with Crippen molar-refractivity contribution in [3.05, 3.63) is 120 Å². The average Bonchev–Trinajstić information content (AvgIpc) is 3.22. The van der Waals surface area contributed by atoms with Gasteiger partial charge in [-0.15, -0.1) is 6.58 Å². The number of allylic oxidation sites excluding steroid dienone is 4. The maximum absolute atomic E-state index is 13.1. The molecule has 1 saturated heterocycles. The highest BCUT2D eigenvalue weighted by atomic mass is 16.5. The van der Waals surface area contributed by atoms with Gasteiger partial charge in [-0.2, -0.15) is 0 Å². The Balaban J connectivity index is 1.74. The normalized spacial score (nSPS) is 18.7. The van der Waals surface area contributed by atoms with E-state index in [1.165, 1.54) is 17.1 Å². The number of rotatable bonds is 15. The molecular weight excluding hydrogens is 534 g/mol. The van der Waals surface area contributed by atoms with Crippen molar-refractivity contribution in [2.45, 2.75) is 32.4 Å². The van der Waals surface area contributed by atoms with Crippen molar-refractivity contribution in [2.24, 2.45) is 5.73 Å². The van der Waals surface area contributed by atoms with Gasteiger partial charge >= 0.3 is 5.97 Å². The van der Waals surface area contributed by atoms with Gasteiger partial charge in [0.15, 0.2) is 5.76 Å². The average molecular weight is 576 g/mol. The van der Waals surface area contributed by atoms with Crippen LogP contribution >= 0.6 is 0 Å². The lowest BCUT2D eigenvalue weighted by atomic mass is 10.0. The Morgan fingerprint density at radius 2 is 1.88 bits per heavy atom. The lowest BCUT2D eigenvalue weighted by Gasteiger charge is -2.29. The Kier molecular flexibility index (Phi) is 12.4. The van der Waals surface area contributed by atoms with E-state index in [0.29, 0.717) is 61.8 Å². The number of carbonyl (C=O) groups excluding carboxylic acids is 2. The monoisotopic (exact) mass is 575 g/mol. The first-order valence-electron chi connectivity index (χ1n) is 13.9. The largest absolute Gasteiger partial charge is 0.501 e. The number of esters is 1. The molecule has 0 bridgehead atoms. The maximum Gasteiger partial charge on any atom is 0.336 e. The van der Waals surface area contributed by atoms with Gasteiger partial charge in [-0.3, -0.25) is 9.69 Å². The summed E-state index contributed by atoms with van der Waals surface area (Å²) in [5.41, 5.74) is 8.59. The van der Waals surface area contributed by atoms with Crippen molar-refractivity contribution in [3.8, 4) is 0 Å². The van der Waals surface area contributed by atoms with Crippen LogP contribution in [-0.2, 0) is 30.4 Å². The number of carbonyl (C=O) groups is 2. The van der Waals surface area contributed by atoms with Gasteiger partial charge in [0.25, 0.3) is 5.91 Å². The summed E-state index contributed by atoms with van der Waals surface area (Å²) in [5.74, 6) is -1.72. The maximum atomic E-state index is 13.1. The fourth-order valence-corrected chi connectivity index (χ4v) is 4.65. The predicted molar refractivity (Wildman–Crippen MR) is 163 cm³/mol. The van der Waals surface area contributed by atoms with Crippen molar-refractivity contribution in [3.63, 3.8) is 0 Å². The summed E-state index contributed by atoms with van der Waals surface area (Å²) in [6, 6.07) is 8.78. The number of hydrogen-bond donors (Lipinski definition) is 2. The number of hydrogen-bond acceptors (Lipinski definition) is 8. The molecule has 1 atom stereocenters. The van der Waals surface area contributed by atoms with Crippen LogP contribution in [0, 0.1) is 0 Å². The molecule has 0 radical (unpaired) electrons. The van der Waals surface area contributed by atoms with Crippen LogP contribution in [0.3, 0.4) is 0 Å². The lowest BCUT2D eigenvalue weighted by Crippen LogP contribution is -2.41. The summed E-state index contributed by atoms with van der Waals surface area (Å²) in [6.07, 6.45) is 8.62. The summed E-state index contributed by atoms with van der Waals surface area (Å²) < 4.78 is 16.8. The molecule has 1 unspecified atom stereocenters. The molecule has 3 rings (SSSR count). The van der Waals surface area contributed by atoms with Crippen LogP contribution in [0.2, 0.25) is 0 Å². The molecule has 0 aliphatic carbocycles. The van der Waals surface area contributed by atoms with Gasteiger partial charge < -0.3 is 30.0 Å². The summed E-state index contributed by atoms with van der Waals surface area (Å²) >= 11 is 0. The highest BCUT2D eigenvalue weighted by molar-refractivity contribution is 5.96. The molecule has 0 aromatic heterocycles. The van der Waals surface area contributed by atoms with Crippen LogP contribution in [0.1, 0.15) is 25.3 Å². The third-order valence-corrected chi connectivity index (χ3v) is 6.83. The van der Waals surface area contributed by atoms with Crippen LogP contribution in [0.4, 0.5) is 0 Å². The highest BCUT2D eigenvalue weighted by Gasteiger charge is 2.42. The molecule has 1 amide bonds. The quantitative estimate of drug-likeness (QED) is 0.104. The van der Waals surface area contributed by atoms with Crippen molar-refractivity contribution < 1.29 is 28.9 Å². The molecule has 0 spiro atoms. The van der Waals surface area contributed by atoms with Gasteiger partial charge in [-0.1, -0.05) is 49.6 Å². The van der Waals surface area contributed by atoms with E-state index in [0.717, 1.165) is 25.2 Å². The first kappa shape index (κ1) is 32.2. The Labute approximate surface area is 248 Å². The topological polar surface area (TPSA) is 115 Å². The molecule has 2 aliphatic heterocycles. The molecule has 2 aliphatic rings. The molecule has 42 heavy (non-hydrogen) atoms. The molecule has 224 valence electrons. The number of benzene rings is 1. The second kappa shape index (κ2) is 16.2. The van der Waals surface area contributed by atoms with E-state index in [1.54, 1.807) is 25.2 Å². The minimum Gasteiger partial charge on any atom is -0.501 e. The zero-order valence-electron chi connectivity index (χ0n) is 24.3. The molecule has 2 heterocycles. The predicted octanol–water partition coefficient (Wildman–Crippen LogP) is 4.44. The van der Waals surface area contributed by atoms with E-state index in [-0.39, 0.29) is 5.76 Å². The van der Waals surface area contributed by atoms with Crippen LogP contribution < -0.4 is 5.73 Å². The number of amides is 1. The van der Waals surface area contributed by atoms with Gasteiger partial charge in [-0.05, 0) is 48.3 Å². The summed E-state index contributed by atoms with van der Waals surface area (Å²) in [5, 5.41) is 10.8. The first-order chi connectivity index (χ1) is 20.2. The van der Waals surface area contributed by atoms with E-state index in [2.05, 4.69) is 24.6 Å². The number of aliphatic hydroxyl groups is 1. The van der Waals surface area contributed by atoms with E-state index in [1.807, 2.05) is 30.3 Å². The molecule has 0 saturated carbocycles. The van der Waals surface area contributed by atoms with E-state index in [9.17, 15) is 14.7 Å². The molecular formula is C33H41N3O6. The third-order valence-electron chi connectivity index (χ3n) is 6.83. The van der Waals surface area contributed by atoms with Gasteiger partial charge in [0.2, 0.25) is 5.76 Å². The fraction of sp³-hybridized carbons (Fsp3) is 0.333. The van der Waals surface area contributed by atoms with E-state index in [4.69, 9.17) is 19.9 Å². The SMILES string of the molecule is C=CC/C(N)=C/C(=C)C1C(OC(=O)/C=C/C(C)=C(\C=C)OCc2ccccc2)=C(O)C(=O)N1CCCN1CCOCC1. The van der Waals surface area contributed by atoms with Gasteiger partial charge in [0, 0.05) is 44.4 Å². The smallest absolute Gasteiger partial charge is 0.336 e. The van der Waals surface area contributed by atoms with Gasteiger partial charge in [-0.25, -0.2) is 4.79 Å². The second-order valence-electron chi connectivity index (χ2n) is 9.99. The van der Waals surface area contributed by atoms with Crippen LogP contribution in [0.5, 0.6) is 0 Å². The molecule has 1 aromatic carbocycles. The Bertz CT molecular complexity index is 1270. The minimum absolute atomic E-state index is 0.181. The van der Waals surface area contributed by atoms with E-state index >= 15 is 0 Å². The van der Waals surface area contributed by atoms with Crippen LogP contribution in [0.25, 0.3) is 0 Å². The van der Waals surface area contributed by atoms with E-state index < -0.39 is 23.7 Å². The zero-order chi connectivity index (χ0) is 30.5. The van der Waals surface area contributed by atoms with Crippen LogP contribution in [-0.4, -0.2) is 72.2 Å². The number of ether oxygens (including phenoxy) is 3. The minimum atomic E-state index is -0.891. The Morgan fingerprint density at radius 3 is 2.55 bits per heavy atom. The number of morpholine rings is 1. The number of aliphatic hydroxyl groups excluding tert-OH is 1. The van der Waals surface area contributed by atoms with Crippen molar-refractivity contribution in [2.75, 3.05) is 39.4 Å². The summed E-state index contributed by atoms with van der Waals surface area (Å²) in [6.45, 7) is 17.7. The molecule has 3 N–H and O–H groups in total. The van der Waals surface area contributed by atoms with Gasteiger partial charge in [0.1, 0.15) is 18.4 Å². The zero-order valence-corrected chi connectivity index (χ0v) is 24.3. The van der Waals surface area contributed by atoms with Crippen molar-refractivity contribution in [1.29, 1.82) is 0 Å². The molecule has 1 fully saturated rings. The number of nitrogens with zero attached hydrogens (tertiary/aromatic N) is 2. The Hall–Kier alpha value is -4.34. The van der Waals surface area contributed by atoms with Gasteiger partial charge in [0.05, 0.1) is 13.2 Å². The standard InChI is InChI=1S/C33H41N3O6/c1-5-11-27(34)22-25(4)30-32(31(38)33(39)36(30)17-10-16-35-18-20-40-21-19-35)42-29(37)15-14-24(3)28(6-2)41-23-26-12-8-7-9-13-26/h5-9,12-15,22,30,38H,1-2,4,10-11,16-21,23,34H2,3H3/b15-14+,27-22-,28-24+. The molecule has 9 nitrogen and oxygen atoms in total. The summed E-state index contributed by atoms with van der Waals surface area (Å²) in [7, 11) is 0. The second-order valence-corrected chi connectivity index (χ2v) is 9.99. The Morgan fingerprint density at radius 1 is 1.17 bits per heavy atom.